The predicted molar refractivity (Wildman–Crippen MR) is 101 cm³/mol. The Bertz CT molecular complexity index is 935. The van der Waals surface area contributed by atoms with Gasteiger partial charge in [0.05, 0.1) is 12.6 Å². The number of amides is 1. The van der Waals surface area contributed by atoms with Crippen LogP contribution in [0.1, 0.15) is 16.1 Å². The number of carbonyl (C=O) groups is 1. The number of aromatic nitrogens is 2. The van der Waals surface area contributed by atoms with Gasteiger partial charge in [0.25, 0.3) is 11.5 Å². The van der Waals surface area contributed by atoms with Crippen LogP contribution in [0.15, 0.2) is 46.0 Å². The number of piperazine rings is 1. The molecule has 1 aromatic heterocycles. The van der Waals surface area contributed by atoms with E-state index in [0.29, 0.717) is 19.6 Å². The third-order valence-corrected chi connectivity index (χ3v) is 5.03. The summed E-state index contributed by atoms with van der Waals surface area (Å²) >= 11 is 0. The molecule has 1 atom stereocenters. The van der Waals surface area contributed by atoms with Gasteiger partial charge in [0.15, 0.2) is 0 Å². The summed E-state index contributed by atoms with van der Waals surface area (Å²) < 4.78 is 2.13. The van der Waals surface area contributed by atoms with Crippen molar-refractivity contribution in [2.75, 3.05) is 26.2 Å². The molecule has 8 heteroatoms. The van der Waals surface area contributed by atoms with E-state index in [1.54, 1.807) is 4.90 Å². The summed E-state index contributed by atoms with van der Waals surface area (Å²) in [5, 5.41) is 9.81. The molecule has 2 heterocycles. The maximum atomic E-state index is 13.0. The lowest BCUT2D eigenvalue weighted by Crippen LogP contribution is -2.57. The van der Waals surface area contributed by atoms with Crippen molar-refractivity contribution >= 4 is 5.91 Å². The molecule has 0 bridgehead atoms. The summed E-state index contributed by atoms with van der Waals surface area (Å²) in [7, 11) is 2.84. The molecule has 3 rings (SSSR count). The van der Waals surface area contributed by atoms with Crippen molar-refractivity contribution in [2.24, 2.45) is 14.1 Å². The summed E-state index contributed by atoms with van der Waals surface area (Å²) in [4.78, 5) is 40.7. The Kier molecular flexibility index (Phi) is 5.57. The largest absolute Gasteiger partial charge is 0.394 e. The van der Waals surface area contributed by atoms with Crippen molar-refractivity contribution in [3.8, 4) is 0 Å². The Hall–Kier alpha value is -2.71. The molecule has 0 radical (unpaired) electrons. The lowest BCUT2D eigenvalue weighted by atomic mass is 10.1. The van der Waals surface area contributed by atoms with E-state index in [1.165, 1.54) is 30.3 Å². The van der Waals surface area contributed by atoms with E-state index in [4.69, 9.17) is 0 Å². The first-order valence-electron chi connectivity index (χ1n) is 8.87. The number of aliphatic hydroxyl groups is 1. The maximum absolute atomic E-state index is 13.0. The zero-order valence-corrected chi connectivity index (χ0v) is 15.5. The van der Waals surface area contributed by atoms with Crippen LogP contribution in [0.25, 0.3) is 0 Å². The van der Waals surface area contributed by atoms with E-state index in [9.17, 15) is 19.5 Å². The lowest BCUT2D eigenvalue weighted by Gasteiger charge is -2.40. The van der Waals surface area contributed by atoms with Gasteiger partial charge in [-0.25, -0.2) is 4.79 Å². The topological polar surface area (TPSA) is 87.8 Å². The van der Waals surface area contributed by atoms with Crippen LogP contribution >= 0.6 is 0 Å². The number of rotatable bonds is 4. The normalized spacial score (nSPS) is 17.9. The van der Waals surface area contributed by atoms with Crippen molar-refractivity contribution in [3.63, 3.8) is 0 Å². The van der Waals surface area contributed by atoms with Crippen LogP contribution in [0.4, 0.5) is 0 Å². The van der Waals surface area contributed by atoms with E-state index in [2.05, 4.69) is 4.90 Å². The molecule has 2 aromatic rings. The van der Waals surface area contributed by atoms with Crippen molar-refractivity contribution < 1.29 is 9.90 Å². The smallest absolute Gasteiger partial charge is 0.331 e. The quantitative estimate of drug-likeness (QED) is 0.775. The summed E-state index contributed by atoms with van der Waals surface area (Å²) in [6.07, 6.45) is 0. The molecular weight excluding hydrogens is 348 g/mol. The molecule has 0 aliphatic carbocycles. The SMILES string of the molecule is Cn1c(C(=O)N2CCN(Cc3ccccc3)CC2CO)cc(=O)n(C)c1=O. The molecular formula is C19H24N4O4. The fourth-order valence-electron chi connectivity index (χ4n) is 3.41. The first kappa shape index (κ1) is 19.1. The van der Waals surface area contributed by atoms with Crippen LogP contribution in [0.3, 0.4) is 0 Å². The van der Waals surface area contributed by atoms with E-state index in [1.807, 2.05) is 30.3 Å². The molecule has 0 saturated carbocycles. The predicted octanol–water partition coefficient (Wildman–Crippen LogP) is -0.597. The fraction of sp³-hybridized carbons (Fsp3) is 0.421. The Morgan fingerprint density at radius 2 is 1.81 bits per heavy atom. The van der Waals surface area contributed by atoms with Crippen molar-refractivity contribution in [2.45, 2.75) is 12.6 Å². The minimum atomic E-state index is -0.547. The van der Waals surface area contributed by atoms with Gasteiger partial charge >= 0.3 is 5.69 Å². The highest BCUT2D eigenvalue weighted by Crippen LogP contribution is 2.15. The minimum absolute atomic E-state index is 0.0399. The molecule has 1 aliphatic rings. The summed E-state index contributed by atoms with van der Waals surface area (Å²) in [6, 6.07) is 10.8. The van der Waals surface area contributed by atoms with Crippen molar-refractivity contribution in [1.82, 2.24) is 18.9 Å². The minimum Gasteiger partial charge on any atom is -0.394 e. The van der Waals surface area contributed by atoms with E-state index in [-0.39, 0.29) is 12.3 Å². The van der Waals surface area contributed by atoms with Crippen LogP contribution in [0, 0.1) is 0 Å². The van der Waals surface area contributed by atoms with E-state index < -0.39 is 23.2 Å². The first-order chi connectivity index (χ1) is 12.9. The van der Waals surface area contributed by atoms with Crippen LogP contribution in [-0.4, -0.2) is 62.2 Å². The molecule has 1 aliphatic heterocycles. The monoisotopic (exact) mass is 372 g/mol. The van der Waals surface area contributed by atoms with Gasteiger partial charge in [0.2, 0.25) is 0 Å². The average Bonchev–Trinajstić information content (AvgIpc) is 2.69. The number of hydrogen-bond acceptors (Lipinski definition) is 5. The standard InChI is InChI=1S/C19H24N4O4/c1-20-16(10-17(25)21(2)19(20)27)18(26)23-9-8-22(12-15(23)13-24)11-14-6-4-3-5-7-14/h3-7,10,15,24H,8-9,11-13H2,1-2H3. The highest BCUT2D eigenvalue weighted by molar-refractivity contribution is 5.92. The van der Waals surface area contributed by atoms with Crippen molar-refractivity contribution in [1.29, 1.82) is 0 Å². The van der Waals surface area contributed by atoms with Gasteiger partial charge in [-0.3, -0.25) is 23.6 Å². The molecule has 1 saturated heterocycles. The van der Waals surface area contributed by atoms with Gasteiger partial charge in [-0.2, -0.15) is 0 Å². The second kappa shape index (κ2) is 7.89. The molecule has 1 amide bonds. The number of benzene rings is 1. The van der Waals surface area contributed by atoms with Gasteiger partial charge in [-0.05, 0) is 5.56 Å². The molecule has 1 fully saturated rings. The first-order valence-corrected chi connectivity index (χ1v) is 8.87. The second-order valence-electron chi connectivity index (χ2n) is 6.82. The van der Waals surface area contributed by atoms with Crippen LogP contribution < -0.4 is 11.2 Å². The highest BCUT2D eigenvalue weighted by Gasteiger charge is 2.32. The fourth-order valence-corrected chi connectivity index (χ4v) is 3.41. The van der Waals surface area contributed by atoms with Gasteiger partial charge in [0, 0.05) is 46.3 Å². The van der Waals surface area contributed by atoms with E-state index in [0.717, 1.165) is 11.1 Å². The molecule has 144 valence electrons. The average molecular weight is 372 g/mol. The molecule has 8 nitrogen and oxygen atoms in total. The van der Waals surface area contributed by atoms with Crippen LogP contribution in [-0.2, 0) is 20.6 Å². The molecule has 27 heavy (non-hydrogen) atoms. The number of aliphatic hydroxyl groups excluding tert-OH is 1. The van der Waals surface area contributed by atoms with Gasteiger partial charge in [0.1, 0.15) is 5.69 Å². The molecule has 1 aromatic carbocycles. The van der Waals surface area contributed by atoms with Crippen molar-refractivity contribution in [3.05, 3.63) is 68.5 Å². The number of nitrogens with zero attached hydrogens (tertiary/aromatic N) is 4. The molecule has 0 spiro atoms. The van der Waals surface area contributed by atoms with Crippen LogP contribution in [0.2, 0.25) is 0 Å². The summed E-state index contributed by atoms with van der Waals surface area (Å²) in [5.41, 5.74) is 0.139. The molecule has 1 unspecified atom stereocenters. The Balaban J connectivity index is 1.79. The third-order valence-electron chi connectivity index (χ3n) is 5.03. The zero-order valence-electron chi connectivity index (χ0n) is 15.5. The highest BCUT2D eigenvalue weighted by atomic mass is 16.3. The summed E-state index contributed by atoms with van der Waals surface area (Å²) in [5.74, 6) is -0.411. The Morgan fingerprint density at radius 1 is 1.11 bits per heavy atom. The van der Waals surface area contributed by atoms with Crippen LogP contribution in [0.5, 0.6) is 0 Å². The van der Waals surface area contributed by atoms with E-state index >= 15 is 0 Å². The number of hydrogen-bond donors (Lipinski definition) is 1. The molecule has 1 N–H and O–H groups in total. The maximum Gasteiger partial charge on any atom is 0.331 e. The lowest BCUT2D eigenvalue weighted by molar-refractivity contribution is 0.0273. The summed E-state index contributed by atoms with van der Waals surface area (Å²) in [6.45, 7) is 2.14. The van der Waals surface area contributed by atoms with Gasteiger partial charge < -0.3 is 10.0 Å². The Morgan fingerprint density at radius 3 is 2.48 bits per heavy atom. The Labute approximate surface area is 156 Å². The van der Waals surface area contributed by atoms with Gasteiger partial charge in [-0.1, -0.05) is 30.3 Å². The third kappa shape index (κ3) is 3.86. The van der Waals surface area contributed by atoms with Gasteiger partial charge in [-0.15, -0.1) is 0 Å². The zero-order chi connectivity index (χ0) is 19.6. The number of carbonyl (C=O) groups excluding carboxylic acids is 1. The second-order valence-corrected chi connectivity index (χ2v) is 6.82.